The van der Waals surface area contributed by atoms with E-state index in [2.05, 4.69) is 39.3 Å². The Labute approximate surface area is 149 Å². The summed E-state index contributed by atoms with van der Waals surface area (Å²) in [7, 11) is 0. The highest BCUT2D eigenvalue weighted by atomic mass is 35.5. The summed E-state index contributed by atoms with van der Waals surface area (Å²) in [5.74, 6) is 1.20. The van der Waals surface area contributed by atoms with Crippen molar-refractivity contribution in [1.29, 1.82) is 0 Å². The molecule has 0 aliphatic carbocycles. The molecule has 0 aliphatic rings. The lowest BCUT2D eigenvalue weighted by Gasteiger charge is -2.19. The second-order valence-corrected chi connectivity index (χ2v) is 5.44. The largest absolute Gasteiger partial charge is 0.371 e. The summed E-state index contributed by atoms with van der Waals surface area (Å²) in [5.41, 5.74) is 7.03. The summed E-state index contributed by atoms with van der Waals surface area (Å²) in [6.07, 6.45) is 0.821. The van der Waals surface area contributed by atoms with Gasteiger partial charge in [0.15, 0.2) is 5.82 Å². The lowest BCUT2D eigenvalue weighted by Crippen LogP contribution is -2.31. The third-order valence-electron chi connectivity index (χ3n) is 3.63. The highest BCUT2D eigenvalue weighted by Gasteiger charge is 2.16. The lowest BCUT2D eigenvalue weighted by molar-refractivity contribution is 0.0683. The molecule has 1 heterocycles. The van der Waals surface area contributed by atoms with Crippen LogP contribution in [0.4, 0.5) is 0 Å². The van der Waals surface area contributed by atoms with Crippen LogP contribution in [0, 0.1) is 0 Å². The van der Waals surface area contributed by atoms with E-state index in [-0.39, 0.29) is 18.5 Å². The van der Waals surface area contributed by atoms with Crippen molar-refractivity contribution >= 4 is 12.4 Å². The number of hydrogen-bond acceptors (Lipinski definition) is 6. The van der Waals surface area contributed by atoms with Gasteiger partial charge in [0.2, 0.25) is 5.89 Å². The van der Waals surface area contributed by atoms with Gasteiger partial charge < -0.3 is 15.0 Å². The van der Waals surface area contributed by atoms with Gasteiger partial charge in [-0.05, 0) is 25.8 Å². The third-order valence-corrected chi connectivity index (χ3v) is 3.63. The molecule has 0 saturated carbocycles. The smallest absolute Gasteiger partial charge is 0.240 e. The zero-order chi connectivity index (χ0) is 16.5. The van der Waals surface area contributed by atoms with E-state index in [0.717, 1.165) is 19.5 Å². The van der Waals surface area contributed by atoms with Gasteiger partial charge in [0, 0.05) is 26.2 Å². The fourth-order valence-electron chi connectivity index (χ4n) is 2.40. The Hall–Kier alpha value is -1.47. The number of aromatic nitrogens is 2. The summed E-state index contributed by atoms with van der Waals surface area (Å²) < 4.78 is 10.8. The maximum Gasteiger partial charge on any atom is 0.240 e. The van der Waals surface area contributed by atoms with Crippen molar-refractivity contribution in [1.82, 2.24) is 15.0 Å². The van der Waals surface area contributed by atoms with E-state index in [1.54, 1.807) is 0 Å². The van der Waals surface area contributed by atoms with Gasteiger partial charge in [-0.15, -0.1) is 12.4 Å². The molecule has 2 rings (SSSR count). The Morgan fingerprint density at radius 3 is 2.67 bits per heavy atom. The van der Waals surface area contributed by atoms with Gasteiger partial charge in [-0.25, -0.2) is 0 Å². The van der Waals surface area contributed by atoms with Crippen molar-refractivity contribution in [2.45, 2.75) is 32.9 Å². The fraction of sp³-hybridized carbons (Fsp3) is 0.529. The zero-order valence-corrected chi connectivity index (χ0v) is 15.2. The molecule has 134 valence electrons. The van der Waals surface area contributed by atoms with Crippen molar-refractivity contribution in [2.24, 2.45) is 5.73 Å². The minimum atomic E-state index is -0.148. The third kappa shape index (κ3) is 6.57. The van der Waals surface area contributed by atoms with E-state index in [1.165, 1.54) is 5.56 Å². The summed E-state index contributed by atoms with van der Waals surface area (Å²) in [6.45, 7) is 7.41. The molecule has 1 unspecified atom stereocenters. The maximum atomic E-state index is 5.72. The van der Waals surface area contributed by atoms with Gasteiger partial charge >= 0.3 is 0 Å². The van der Waals surface area contributed by atoms with Crippen molar-refractivity contribution in [3.8, 4) is 0 Å². The van der Waals surface area contributed by atoms with E-state index in [9.17, 15) is 0 Å². The molecule has 0 aliphatic heterocycles. The first-order valence-corrected chi connectivity index (χ1v) is 8.13. The summed E-state index contributed by atoms with van der Waals surface area (Å²) >= 11 is 0. The van der Waals surface area contributed by atoms with Gasteiger partial charge in [0.1, 0.15) is 6.10 Å². The van der Waals surface area contributed by atoms with Crippen molar-refractivity contribution in [2.75, 3.05) is 26.2 Å². The molecule has 24 heavy (non-hydrogen) atoms. The molecule has 0 bridgehead atoms. The molecule has 2 N–H and O–H groups in total. The molecular weight excluding hydrogens is 328 g/mol. The number of ether oxygens (including phenoxy) is 1. The van der Waals surface area contributed by atoms with Crippen molar-refractivity contribution < 1.29 is 9.26 Å². The Kier molecular flexibility index (Phi) is 9.56. The number of rotatable bonds is 10. The van der Waals surface area contributed by atoms with Gasteiger partial charge in [0.25, 0.3) is 0 Å². The van der Waals surface area contributed by atoms with Crippen LogP contribution in [0.15, 0.2) is 34.9 Å². The molecule has 6 nitrogen and oxygen atoms in total. The monoisotopic (exact) mass is 354 g/mol. The fourth-order valence-corrected chi connectivity index (χ4v) is 2.40. The van der Waals surface area contributed by atoms with Crippen molar-refractivity contribution in [3.63, 3.8) is 0 Å². The minimum Gasteiger partial charge on any atom is -0.371 e. The van der Waals surface area contributed by atoms with E-state index >= 15 is 0 Å². The molecule has 7 heteroatoms. The maximum absolute atomic E-state index is 5.72. The normalized spacial score (nSPS) is 12.2. The first kappa shape index (κ1) is 20.6. The molecule has 2 aromatic rings. The second kappa shape index (κ2) is 11.1. The molecular formula is C17H27ClN4O2. The summed E-state index contributed by atoms with van der Waals surface area (Å²) in [5, 5.41) is 4.00. The first-order valence-electron chi connectivity index (χ1n) is 8.13. The summed E-state index contributed by atoms with van der Waals surface area (Å²) in [6, 6.07) is 10.4. The number of halogens is 1. The highest BCUT2D eigenvalue weighted by molar-refractivity contribution is 5.85. The Bertz CT molecular complexity index is 565. The van der Waals surface area contributed by atoms with Crippen LogP contribution in [0.2, 0.25) is 0 Å². The molecule has 1 atom stereocenters. The number of benzene rings is 1. The molecule has 1 aromatic heterocycles. The van der Waals surface area contributed by atoms with Crippen LogP contribution in [0.25, 0.3) is 0 Å². The van der Waals surface area contributed by atoms with Crippen LogP contribution in [0.5, 0.6) is 0 Å². The standard InChI is InChI=1S/C17H26N4O2.ClH/c1-3-22-14(2)17-19-16(23-20-17)13-21(12-10-18)11-9-15-7-5-4-6-8-15;/h4-8,14H,3,9-13,18H2,1-2H3;1H. The lowest BCUT2D eigenvalue weighted by atomic mass is 10.1. The van der Waals surface area contributed by atoms with E-state index < -0.39 is 0 Å². The minimum absolute atomic E-state index is 0. The quantitative estimate of drug-likeness (QED) is 0.706. The summed E-state index contributed by atoms with van der Waals surface area (Å²) in [4.78, 5) is 6.65. The average Bonchev–Trinajstić information content (AvgIpc) is 3.03. The first-order chi connectivity index (χ1) is 11.2. The Balaban J connectivity index is 0.00000288. The van der Waals surface area contributed by atoms with Crippen molar-refractivity contribution in [3.05, 3.63) is 47.6 Å². The van der Waals surface area contributed by atoms with E-state index in [1.807, 2.05) is 19.9 Å². The van der Waals surface area contributed by atoms with E-state index in [0.29, 0.717) is 31.4 Å². The number of hydrogen-bond donors (Lipinski definition) is 1. The predicted molar refractivity (Wildman–Crippen MR) is 96.1 cm³/mol. The van der Waals surface area contributed by atoms with Crippen LogP contribution in [0.3, 0.4) is 0 Å². The average molecular weight is 355 g/mol. The second-order valence-electron chi connectivity index (χ2n) is 5.44. The molecule has 0 radical (unpaired) electrons. The Morgan fingerprint density at radius 2 is 2.00 bits per heavy atom. The molecule has 1 aromatic carbocycles. The van der Waals surface area contributed by atoms with Gasteiger partial charge in [-0.3, -0.25) is 4.90 Å². The Morgan fingerprint density at radius 1 is 1.25 bits per heavy atom. The molecule has 0 spiro atoms. The number of nitrogens with zero attached hydrogens (tertiary/aromatic N) is 3. The molecule has 0 amide bonds. The van der Waals surface area contributed by atoms with Crippen LogP contribution in [-0.2, 0) is 17.7 Å². The van der Waals surface area contributed by atoms with Gasteiger partial charge in [0.05, 0.1) is 6.54 Å². The molecule has 0 fully saturated rings. The zero-order valence-electron chi connectivity index (χ0n) is 14.4. The predicted octanol–water partition coefficient (Wildman–Crippen LogP) is 2.59. The van der Waals surface area contributed by atoms with Gasteiger partial charge in [-0.2, -0.15) is 4.98 Å². The van der Waals surface area contributed by atoms with E-state index in [4.69, 9.17) is 15.0 Å². The van der Waals surface area contributed by atoms with Crippen LogP contribution in [0.1, 0.15) is 37.2 Å². The van der Waals surface area contributed by atoms with Crippen LogP contribution >= 0.6 is 12.4 Å². The van der Waals surface area contributed by atoms with Crippen LogP contribution < -0.4 is 5.73 Å². The SMILES string of the molecule is CCOC(C)c1noc(CN(CCN)CCc2ccccc2)n1.Cl. The highest BCUT2D eigenvalue weighted by Crippen LogP contribution is 2.14. The van der Waals surface area contributed by atoms with Crippen LogP contribution in [-0.4, -0.2) is 41.3 Å². The van der Waals surface area contributed by atoms with Gasteiger partial charge in [-0.1, -0.05) is 35.5 Å². The molecule has 0 saturated heterocycles. The number of nitrogens with two attached hydrogens (primary N) is 1. The topological polar surface area (TPSA) is 77.4 Å².